The predicted octanol–water partition coefficient (Wildman–Crippen LogP) is 2.62. The van der Waals surface area contributed by atoms with E-state index in [1.165, 1.54) is 16.7 Å². The van der Waals surface area contributed by atoms with E-state index in [2.05, 4.69) is 46.5 Å². The maximum absolute atomic E-state index is 12.9. The van der Waals surface area contributed by atoms with Gasteiger partial charge in [-0.15, -0.1) is 0 Å². The molecule has 0 atom stereocenters. The molecule has 6 heteroatoms. The van der Waals surface area contributed by atoms with Crippen molar-refractivity contribution in [2.24, 2.45) is 5.92 Å². The van der Waals surface area contributed by atoms with Gasteiger partial charge in [0.1, 0.15) is 5.82 Å². The zero-order valence-electron chi connectivity index (χ0n) is 17.6. The van der Waals surface area contributed by atoms with E-state index >= 15 is 0 Å². The summed E-state index contributed by atoms with van der Waals surface area (Å²) in [7, 11) is 0. The number of benzene rings is 1. The fourth-order valence-corrected chi connectivity index (χ4v) is 3.90. The number of amides is 1. The number of nitrogens with zero attached hydrogens (tertiary/aromatic N) is 4. The Morgan fingerprint density at radius 3 is 2.79 bits per heavy atom. The van der Waals surface area contributed by atoms with Crippen LogP contribution in [0.5, 0.6) is 0 Å². The van der Waals surface area contributed by atoms with Gasteiger partial charge in [-0.1, -0.05) is 23.8 Å². The molecule has 156 valence electrons. The Bertz CT molecular complexity index is 837. The largest absolute Gasteiger partial charge is 0.379 e. The van der Waals surface area contributed by atoms with Gasteiger partial charge >= 0.3 is 0 Å². The summed E-state index contributed by atoms with van der Waals surface area (Å²) in [5.41, 5.74) is 3.86. The number of carbonyl (C=O) groups is 1. The molecule has 2 fully saturated rings. The number of morpholine rings is 1. The minimum Gasteiger partial charge on any atom is -0.379 e. The highest BCUT2D eigenvalue weighted by Gasteiger charge is 2.34. The molecule has 1 aliphatic carbocycles. The SMILES string of the molecule is Cc1ccc(C)c(Cn2ccnc2CN(CCN2CCOCC2)C(=O)C2CC2)c1. The van der Waals surface area contributed by atoms with Crippen molar-refractivity contribution >= 4 is 5.91 Å². The molecule has 0 N–H and O–H groups in total. The van der Waals surface area contributed by atoms with Gasteiger partial charge in [0.2, 0.25) is 5.91 Å². The van der Waals surface area contributed by atoms with Crippen LogP contribution in [0.15, 0.2) is 30.6 Å². The second kappa shape index (κ2) is 9.09. The summed E-state index contributed by atoms with van der Waals surface area (Å²) in [4.78, 5) is 21.9. The van der Waals surface area contributed by atoms with Crippen LogP contribution in [-0.4, -0.2) is 64.7 Å². The summed E-state index contributed by atoms with van der Waals surface area (Å²) in [6.45, 7) is 10.8. The van der Waals surface area contributed by atoms with Crippen LogP contribution >= 0.6 is 0 Å². The van der Waals surface area contributed by atoms with Gasteiger partial charge in [0.15, 0.2) is 0 Å². The van der Waals surface area contributed by atoms with Gasteiger partial charge in [-0.25, -0.2) is 4.98 Å². The van der Waals surface area contributed by atoms with Crippen LogP contribution < -0.4 is 0 Å². The second-order valence-corrected chi connectivity index (χ2v) is 8.39. The quantitative estimate of drug-likeness (QED) is 0.688. The van der Waals surface area contributed by atoms with E-state index < -0.39 is 0 Å². The molecule has 1 aromatic heterocycles. The minimum atomic E-state index is 0.224. The third-order valence-electron chi connectivity index (χ3n) is 6.01. The smallest absolute Gasteiger partial charge is 0.226 e. The molecule has 29 heavy (non-hydrogen) atoms. The fourth-order valence-electron chi connectivity index (χ4n) is 3.90. The molecule has 2 heterocycles. The standard InChI is InChI=1S/C23H32N4O2/c1-18-3-4-19(2)21(15-18)16-26-8-7-24-22(26)17-27(23(28)20-5-6-20)10-9-25-11-13-29-14-12-25/h3-4,7-8,15,20H,5-6,9-14,16-17H2,1-2H3. The lowest BCUT2D eigenvalue weighted by molar-refractivity contribution is -0.133. The van der Waals surface area contributed by atoms with E-state index in [-0.39, 0.29) is 5.92 Å². The van der Waals surface area contributed by atoms with Crippen LogP contribution in [-0.2, 0) is 22.6 Å². The average Bonchev–Trinajstić information content (AvgIpc) is 3.49. The van der Waals surface area contributed by atoms with E-state index in [1.807, 2.05) is 17.3 Å². The highest BCUT2D eigenvalue weighted by atomic mass is 16.5. The lowest BCUT2D eigenvalue weighted by Crippen LogP contribution is -2.43. The minimum absolute atomic E-state index is 0.224. The summed E-state index contributed by atoms with van der Waals surface area (Å²) in [6.07, 6.45) is 5.94. The van der Waals surface area contributed by atoms with Gasteiger partial charge < -0.3 is 14.2 Å². The van der Waals surface area contributed by atoms with Crippen molar-refractivity contribution in [3.05, 3.63) is 53.1 Å². The van der Waals surface area contributed by atoms with Crippen molar-refractivity contribution in [1.29, 1.82) is 0 Å². The highest BCUT2D eigenvalue weighted by molar-refractivity contribution is 5.81. The van der Waals surface area contributed by atoms with E-state index in [0.29, 0.717) is 12.5 Å². The van der Waals surface area contributed by atoms with Crippen molar-refractivity contribution in [2.45, 2.75) is 39.8 Å². The van der Waals surface area contributed by atoms with E-state index in [4.69, 9.17) is 4.74 Å². The number of rotatable bonds is 8. The number of hydrogen-bond donors (Lipinski definition) is 0. The summed E-state index contributed by atoms with van der Waals surface area (Å²) < 4.78 is 7.63. The van der Waals surface area contributed by atoms with Crippen LogP contribution in [0.25, 0.3) is 0 Å². The summed E-state index contributed by atoms with van der Waals surface area (Å²) in [5, 5.41) is 0. The number of imidazole rings is 1. The van der Waals surface area contributed by atoms with Gasteiger partial charge in [0.05, 0.1) is 19.8 Å². The number of hydrogen-bond acceptors (Lipinski definition) is 4. The van der Waals surface area contributed by atoms with Crippen molar-refractivity contribution in [3.8, 4) is 0 Å². The molecule has 0 unspecified atom stereocenters. The Morgan fingerprint density at radius 2 is 2.03 bits per heavy atom. The normalized spacial score (nSPS) is 17.4. The third kappa shape index (κ3) is 5.25. The first-order valence-electron chi connectivity index (χ1n) is 10.7. The van der Waals surface area contributed by atoms with Crippen molar-refractivity contribution < 1.29 is 9.53 Å². The maximum Gasteiger partial charge on any atom is 0.226 e. The zero-order chi connectivity index (χ0) is 20.2. The van der Waals surface area contributed by atoms with E-state index in [1.54, 1.807) is 0 Å². The Hall–Kier alpha value is -2.18. The van der Waals surface area contributed by atoms with Gasteiger partial charge in [-0.05, 0) is 37.8 Å². The van der Waals surface area contributed by atoms with Gasteiger partial charge in [0.25, 0.3) is 0 Å². The van der Waals surface area contributed by atoms with Crippen LogP contribution in [0.2, 0.25) is 0 Å². The molecule has 0 spiro atoms. The molecule has 1 aliphatic heterocycles. The molecule has 2 aromatic rings. The third-order valence-corrected chi connectivity index (χ3v) is 6.01. The molecular formula is C23H32N4O2. The molecule has 0 radical (unpaired) electrons. The molecule has 1 saturated carbocycles. The second-order valence-electron chi connectivity index (χ2n) is 8.39. The summed E-state index contributed by atoms with van der Waals surface area (Å²) >= 11 is 0. The zero-order valence-corrected chi connectivity index (χ0v) is 17.6. The number of carbonyl (C=O) groups excluding carboxylic acids is 1. The number of aromatic nitrogens is 2. The Labute approximate surface area is 173 Å². The molecular weight excluding hydrogens is 364 g/mol. The monoisotopic (exact) mass is 396 g/mol. The molecule has 6 nitrogen and oxygen atoms in total. The van der Waals surface area contributed by atoms with E-state index in [0.717, 1.165) is 64.6 Å². The van der Waals surface area contributed by atoms with Crippen molar-refractivity contribution in [3.63, 3.8) is 0 Å². The lowest BCUT2D eigenvalue weighted by Gasteiger charge is -2.30. The molecule has 1 saturated heterocycles. The maximum atomic E-state index is 12.9. The van der Waals surface area contributed by atoms with Crippen LogP contribution in [0.1, 0.15) is 35.4 Å². The Kier molecular flexibility index (Phi) is 6.31. The molecule has 1 aromatic carbocycles. The van der Waals surface area contributed by atoms with Gasteiger partial charge in [-0.3, -0.25) is 9.69 Å². The fraction of sp³-hybridized carbons (Fsp3) is 0.565. The summed E-state index contributed by atoms with van der Waals surface area (Å²) in [6, 6.07) is 6.56. The first-order valence-corrected chi connectivity index (χ1v) is 10.7. The molecule has 2 aliphatic rings. The lowest BCUT2D eigenvalue weighted by atomic mass is 10.1. The molecule has 0 bridgehead atoms. The van der Waals surface area contributed by atoms with Crippen LogP contribution in [0, 0.1) is 19.8 Å². The summed E-state index contributed by atoms with van der Waals surface area (Å²) in [5.74, 6) is 1.48. The van der Waals surface area contributed by atoms with Crippen molar-refractivity contribution in [1.82, 2.24) is 19.4 Å². The Balaban J connectivity index is 1.45. The van der Waals surface area contributed by atoms with Crippen LogP contribution in [0.4, 0.5) is 0 Å². The van der Waals surface area contributed by atoms with Crippen LogP contribution in [0.3, 0.4) is 0 Å². The Morgan fingerprint density at radius 1 is 1.24 bits per heavy atom. The molecule has 1 amide bonds. The van der Waals surface area contributed by atoms with Gasteiger partial charge in [0, 0.05) is 51.0 Å². The van der Waals surface area contributed by atoms with Crippen molar-refractivity contribution in [2.75, 3.05) is 39.4 Å². The average molecular weight is 397 g/mol. The number of ether oxygens (including phenoxy) is 1. The van der Waals surface area contributed by atoms with E-state index in [9.17, 15) is 4.79 Å². The predicted molar refractivity (Wildman–Crippen MR) is 113 cm³/mol. The first-order chi connectivity index (χ1) is 14.1. The number of aryl methyl sites for hydroxylation is 2. The highest BCUT2D eigenvalue weighted by Crippen LogP contribution is 2.31. The molecule has 4 rings (SSSR count). The topological polar surface area (TPSA) is 50.6 Å². The first kappa shape index (κ1) is 20.1. The van der Waals surface area contributed by atoms with Gasteiger partial charge in [-0.2, -0.15) is 0 Å².